The molecular weight excluding hydrogens is 698 g/mol. The van der Waals surface area contributed by atoms with E-state index in [1.807, 2.05) is 97.1 Å². The fraction of sp³-hybridized carbons (Fsp3) is 0.0476. The normalized spacial score (nSPS) is 12.0. The van der Waals surface area contributed by atoms with E-state index in [2.05, 4.69) is 22.0 Å². The maximum absolute atomic E-state index is 12.9. The number of rotatable bonds is 2. The average molecular weight is 724 g/mol. The van der Waals surface area contributed by atoms with Gasteiger partial charge in [0.2, 0.25) is 0 Å². The minimum atomic E-state index is -4.33. The van der Waals surface area contributed by atoms with E-state index >= 15 is 0 Å². The second-order valence-corrected chi connectivity index (χ2v) is 12.4. The molecule has 0 atom stereocenters. The second-order valence-electron chi connectivity index (χ2n) is 11.6. The summed E-state index contributed by atoms with van der Waals surface area (Å²) in [6.45, 7) is 0. The number of halogens is 7. The van der Waals surface area contributed by atoms with E-state index in [-0.39, 0.29) is 0 Å². The summed E-state index contributed by atoms with van der Waals surface area (Å²) in [5.74, 6) is 0. The Hall–Kier alpha value is -5.14. The van der Waals surface area contributed by atoms with Crippen molar-refractivity contribution in [3.63, 3.8) is 0 Å². The van der Waals surface area contributed by atoms with Crippen LogP contribution in [0, 0.1) is 0 Å². The number of benzene rings is 8. The van der Waals surface area contributed by atoms with Crippen molar-refractivity contribution in [2.24, 2.45) is 0 Å². The Balaban J connectivity index is 0.000000154. The maximum Gasteiger partial charge on any atom is 0.416 e. The summed E-state index contributed by atoms with van der Waals surface area (Å²) in [6.07, 6.45) is -8.65. The zero-order valence-electron chi connectivity index (χ0n) is 25.6. The zero-order valence-corrected chi connectivity index (χ0v) is 27.2. The topological polar surface area (TPSA) is 0 Å². The third kappa shape index (κ3) is 6.27. The van der Waals surface area contributed by atoms with E-state index < -0.39 is 23.5 Å². The predicted octanol–water partition coefficient (Wildman–Crippen LogP) is 14.1. The number of alkyl halides is 6. The average Bonchev–Trinajstić information content (AvgIpc) is 3.10. The molecule has 0 saturated heterocycles. The molecule has 49 heavy (non-hydrogen) atoms. The predicted molar refractivity (Wildman–Crippen MR) is 191 cm³/mol. The van der Waals surface area contributed by atoms with Crippen LogP contribution in [0.1, 0.15) is 11.1 Å². The van der Waals surface area contributed by atoms with Crippen molar-refractivity contribution in [1.82, 2.24) is 0 Å². The fourth-order valence-corrected chi connectivity index (χ4v) is 7.05. The molecule has 8 aromatic rings. The van der Waals surface area contributed by atoms with Gasteiger partial charge in [0.25, 0.3) is 0 Å². The molecule has 0 aromatic heterocycles. The first-order valence-corrected chi connectivity index (χ1v) is 16.1. The summed E-state index contributed by atoms with van der Waals surface area (Å²) in [5.41, 5.74) is 2.21. The lowest BCUT2D eigenvalue weighted by Crippen LogP contribution is -2.04. The van der Waals surface area contributed by atoms with Crippen molar-refractivity contribution >= 4 is 59.0 Å². The van der Waals surface area contributed by atoms with Gasteiger partial charge in [-0.15, -0.1) is 0 Å². The number of hydrogen-bond donors (Lipinski definition) is 0. The van der Waals surface area contributed by atoms with Gasteiger partial charge in [0.1, 0.15) is 0 Å². The van der Waals surface area contributed by atoms with Gasteiger partial charge in [-0.05, 0) is 112 Å². The summed E-state index contributed by atoms with van der Waals surface area (Å²) in [7, 11) is 0. The molecule has 0 saturated carbocycles. The minimum Gasteiger partial charge on any atom is -0.166 e. The molecule has 0 nitrogen and oxygen atoms in total. The first-order chi connectivity index (χ1) is 23.5. The van der Waals surface area contributed by atoms with Crippen LogP contribution >= 0.6 is 15.9 Å². The Labute approximate surface area is 286 Å². The van der Waals surface area contributed by atoms with Crippen LogP contribution in [-0.2, 0) is 12.4 Å². The molecule has 0 spiro atoms. The van der Waals surface area contributed by atoms with Gasteiger partial charge in [0, 0.05) is 4.47 Å². The molecule has 0 unspecified atom stereocenters. The van der Waals surface area contributed by atoms with E-state index in [4.69, 9.17) is 0 Å². The van der Waals surface area contributed by atoms with Gasteiger partial charge in [0.15, 0.2) is 0 Å². The molecule has 0 aliphatic heterocycles. The quantitative estimate of drug-likeness (QED) is 0.123. The summed E-state index contributed by atoms with van der Waals surface area (Å²) < 4.78 is 78.1. The van der Waals surface area contributed by atoms with Crippen LogP contribution in [0.4, 0.5) is 26.3 Å². The van der Waals surface area contributed by atoms with Crippen LogP contribution in [0.15, 0.2) is 156 Å². The Morgan fingerprint density at radius 3 is 1.02 bits per heavy atom. The van der Waals surface area contributed by atoms with Crippen molar-refractivity contribution in [3.05, 3.63) is 167 Å². The van der Waals surface area contributed by atoms with Crippen molar-refractivity contribution in [2.75, 3.05) is 0 Å². The van der Waals surface area contributed by atoms with E-state index in [0.29, 0.717) is 0 Å². The SMILES string of the molecule is FC(F)(F)c1ccc(-c2c3ccccc3c(Br)c3ccccc23)cc1.FC(F)(F)c1ccc(-c2c3ccccc3cc3ccccc23)cc1. The van der Waals surface area contributed by atoms with E-state index in [1.54, 1.807) is 24.3 Å². The van der Waals surface area contributed by atoms with Crippen molar-refractivity contribution in [1.29, 1.82) is 0 Å². The molecule has 0 bridgehead atoms. The molecule has 7 heteroatoms. The fourth-order valence-electron chi connectivity index (χ4n) is 6.36. The Bertz CT molecular complexity index is 2350. The third-order valence-corrected chi connectivity index (χ3v) is 9.49. The number of fused-ring (bicyclic) bond motifs is 4. The van der Waals surface area contributed by atoms with Crippen LogP contribution in [0.3, 0.4) is 0 Å². The lowest BCUT2D eigenvalue weighted by Gasteiger charge is -2.15. The molecular formula is C42H25BrF6. The van der Waals surface area contributed by atoms with Crippen LogP contribution in [0.5, 0.6) is 0 Å². The van der Waals surface area contributed by atoms with E-state index in [9.17, 15) is 26.3 Å². The summed E-state index contributed by atoms with van der Waals surface area (Å²) in [5, 5.41) is 8.32. The summed E-state index contributed by atoms with van der Waals surface area (Å²) in [6, 6.07) is 44.6. The first-order valence-electron chi connectivity index (χ1n) is 15.4. The molecule has 0 fully saturated rings. The van der Waals surface area contributed by atoms with Crippen molar-refractivity contribution in [3.8, 4) is 22.3 Å². The number of hydrogen-bond acceptors (Lipinski definition) is 0. The highest BCUT2D eigenvalue weighted by Crippen LogP contribution is 2.42. The van der Waals surface area contributed by atoms with Gasteiger partial charge in [-0.2, -0.15) is 26.3 Å². The van der Waals surface area contributed by atoms with E-state index in [0.717, 1.165) is 94.1 Å². The van der Waals surface area contributed by atoms with Crippen LogP contribution in [0.2, 0.25) is 0 Å². The van der Waals surface area contributed by atoms with Crippen LogP contribution in [-0.4, -0.2) is 0 Å². The third-order valence-electron chi connectivity index (χ3n) is 8.64. The molecule has 0 heterocycles. The molecule has 0 aliphatic rings. The lowest BCUT2D eigenvalue weighted by atomic mass is 9.91. The standard InChI is InChI=1S/C21H12BrF3.C21H13F3/c22-20-17-7-3-1-5-15(17)19(16-6-2-4-8-18(16)20)13-9-11-14(12-10-13)21(23,24)25;22-21(23,24)17-11-9-14(10-12-17)20-18-7-3-1-5-15(18)13-16-6-2-4-8-19(16)20/h1-12H;1-13H. The second kappa shape index (κ2) is 12.7. The molecule has 242 valence electrons. The van der Waals surface area contributed by atoms with Crippen LogP contribution in [0.25, 0.3) is 65.3 Å². The Morgan fingerprint density at radius 1 is 0.347 bits per heavy atom. The highest BCUT2D eigenvalue weighted by atomic mass is 79.9. The monoisotopic (exact) mass is 722 g/mol. The van der Waals surface area contributed by atoms with Gasteiger partial charge < -0.3 is 0 Å². The highest BCUT2D eigenvalue weighted by Gasteiger charge is 2.31. The molecule has 0 radical (unpaired) electrons. The molecule has 8 aromatic carbocycles. The maximum atomic E-state index is 12.9. The molecule has 0 N–H and O–H groups in total. The van der Waals surface area contributed by atoms with E-state index in [1.165, 1.54) is 0 Å². The first kappa shape index (κ1) is 32.4. The summed E-state index contributed by atoms with van der Waals surface area (Å²) >= 11 is 3.68. The van der Waals surface area contributed by atoms with Gasteiger partial charge in [-0.1, -0.05) is 121 Å². The van der Waals surface area contributed by atoms with Gasteiger partial charge in [-0.3, -0.25) is 0 Å². The molecule has 8 rings (SSSR count). The van der Waals surface area contributed by atoms with Crippen molar-refractivity contribution < 1.29 is 26.3 Å². The van der Waals surface area contributed by atoms with Crippen LogP contribution < -0.4 is 0 Å². The summed E-state index contributed by atoms with van der Waals surface area (Å²) in [4.78, 5) is 0. The highest BCUT2D eigenvalue weighted by molar-refractivity contribution is 9.10. The van der Waals surface area contributed by atoms with Gasteiger partial charge >= 0.3 is 12.4 Å². The van der Waals surface area contributed by atoms with Crippen molar-refractivity contribution in [2.45, 2.75) is 12.4 Å². The van der Waals surface area contributed by atoms with Gasteiger partial charge in [-0.25, -0.2) is 0 Å². The molecule has 0 amide bonds. The Kier molecular flexibility index (Phi) is 8.41. The lowest BCUT2D eigenvalue weighted by molar-refractivity contribution is -0.138. The molecule has 0 aliphatic carbocycles. The largest absolute Gasteiger partial charge is 0.416 e. The zero-order chi connectivity index (χ0) is 34.3. The smallest absolute Gasteiger partial charge is 0.166 e. The Morgan fingerprint density at radius 2 is 0.653 bits per heavy atom. The van der Waals surface area contributed by atoms with Gasteiger partial charge in [0.05, 0.1) is 11.1 Å². The minimum absolute atomic E-state index is 0.629.